The number of ether oxygens (including phenoxy) is 1. The van der Waals surface area contributed by atoms with Crippen molar-refractivity contribution in [3.05, 3.63) is 70.1 Å². The van der Waals surface area contributed by atoms with Gasteiger partial charge in [0.2, 0.25) is 5.91 Å². The van der Waals surface area contributed by atoms with Crippen LogP contribution in [0, 0.1) is 13.8 Å². The predicted molar refractivity (Wildman–Crippen MR) is 129 cm³/mol. The number of thioether (sulfide) groups is 1. The molecule has 33 heavy (non-hydrogen) atoms. The monoisotopic (exact) mass is 461 g/mol. The van der Waals surface area contributed by atoms with Crippen LogP contribution in [-0.4, -0.2) is 38.1 Å². The van der Waals surface area contributed by atoms with Gasteiger partial charge < -0.3 is 10.1 Å². The molecule has 3 heterocycles. The maximum absolute atomic E-state index is 13.3. The third-order valence-corrected chi connectivity index (χ3v) is 6.82. The SMILES string of the molecule is COc1cccc(NC(=O)CC2CSc3nc4c(cnn4-c4ccc(C)cc4C)c(=O)n32)c1. The largest absolute Gasteiger partial charge is 0.497 e. The van der Waals surface area contributed by atoms with E-state index in [0.717, 1.165) is 16.8 Å². The summed E-state index contributed by atoms with van der Waals surface area (Å²) in [4.78, 5) is 30.8. The van der Waals surface area contributed by atoms with Crippen LogP contribution in [0.1, 0.15) is 23.6 Å². The molecule has 2 aromatic heterocycles. The zero-order chi connectivity index (χ0) is 23.1. The topological polar surface area (TPSA) is 91.0 Å². The zero-order valence-electron chi connectivity index (χ0n) is 18.5. The molecule has 0 spiro atoms. The molecular weight excluding hydrogens is 438 g/mol. The number of hydrogen-bond acceptors (Lipinski definition) is 6. The second-order valence-electron chi connectivity index (χ2n) is 8.10. The molecule has 5 rings (SSSR count). The first-order valence-corrected chi connectivity index (χ1v) is 11.6. The van der Waals surface area contributed by atoms with Crippen molar-refractivity contribution in [2.45, 2.75) is 31.5 Å². The van der Waals surface area contributed by atoms with E-state index in [2.05, 4.69) is 16.5 Å². The highest BCUT2D eigenvalue weighted by atomic mass is 32.2. The van der Waals surface area contributed by atoms with E-state index in [-0.39, 0.29) is 23.9 Å². The Labute approximate surface area is 194 Å². The van der Waals surface area contributed by atoms with Gasteiger partial charge in [-0.15, -0.1) is 0 Å². The van der Waals surface area contributed by atoms with E-state index in [1.54, 1.807) is 34.7 Å². The van der Waals surface area contributed by atoms with Crippen LogP contribution in [0.2, 0.25) is 0 Å². The van der Waals surface area contributed by atoms with Crippen LogP contribution in [0.25, 0.3) is 16.7 Å². The summed E-state index contributed by atoms with van der Waals surface area (Å²) in [6.07, 6.45) is 1.74. The third kappa shape index (κ3) is 3.89. The van der Waals surface area contributed by atoms with Crippen molar-refractivity contribution >= 4 is 34.4 Å². The number of methoxy groups -OCH3 is 1. The van der Waals surface area contributed by atoms with Crippen molar-refractivity contribution in [2.24, 2.45) is 0 Å². The first-order valence-electron chi connectivity index (χ1n) is 10.6. The molecule has 2 aromatic carbocycles. The molecule has 8 nitrogen and oxygen atoms in total. The first-order chi connectivity index (χ1) is 15.9. The molecule has 1 aliphatic rings. The number of amides is 1. The van der Waals surface area contributed by atoms with Crippen molar-refractivity contribution < 1.29 is 9.53 Å². The molecule has 0 saturated heterocycles. The zero-order valence-corrected chi connectivity index (χ0v) is 19.3. The molecule has 1 amide bonds. The molecule has 0 fully saturated rings. The number of anilines is 1. The fourth-order valence-corrected chi connectivity index (χ4v) is 5.26. The van der Waals surface area contributed by atoms with Crippen LogP contribution in [-0.2, 0) is 4.79 Å². The minimum Gasteiger partial charge on any atom is -0.497 e. The Morgan fingerprint density at radius 1 is 1.24 bits per heavy atom. The number of benzene rings is 2. The quantitative estimate of drug-likeness (QED) is 0.454. The summed E-state index contributed by atoms with van der Waals surface area (Å²) in [5, 5.41) is 8.40. The Hall–Kier alpha value is -3.59. The molecule has 168 valence electrons. The molecule has 0 radical (unpaired) electrons. The maximum Gasteiger partial charge on any atom is 0.265 e. The van der Waals surface area contributed by atoms with Gasteiger partial charge in [0.15, 0.2) is 10.8 Å². The highest BCUT2D eigenvalue weighted by molar-refractivity contribution is 7.99. The molecule has 0 saturated carbocycles. The Bertz CT molecular complexity index is 1440. The Morgan fingerprint density at radius 3 is 2.88 bits per heavy atom. The van der Waals surface area contributed by atoms with Crippen LogP contribution in [0.3, 0.4) is 0 Å². The van der Waals surface area contributed by atoms with E-state index in [4.69, 9.17) is 9.72 Å². The summed E-state index contributed by atoms with van der Waals surface area (Å²) in [6, 6.07) is 13.0. The number of carbonyl (C=O) groups excluding carboxylic acids is 1. The number of rotatable bonds is 5. The van der Waals surface area contributed by atoms with Crippen LogP contribution < -0.4 is 15.6 Å². The van der Waals surface area contributed by atoms with Gasteiger partial charge in [-0.25, -0.2) is 9.67 Å². The highest BCUT2D eigenvalue weighted by Crippen LogP contribution is 2.34. The number of aryl methyl sites for hydroxylation is 2. The van der Waals surface area contributed by atoms with Crippen LogP contribution in [0.4, 0.5) is 5.69 Å². The molecule has 0 bridgehead atoms. The summed E-state index contributed by atoms with van der Waals surface area (Å²) in [5.74, 6) is 1.11. The van der Waals surface area contributed by atoms with Gasteiger partial charge in [0.1, 0.15) is 11.1 Å². The molecule has 1 N–H and O–H groups in total. The summed E-state index contributed by atoms with van der Waals surface area (Å²) in [7, 11) is 1.58. The van der Waals surface area contributed by atoms with Gasteiger partial charge in [0.05, 0.1) is 25.0 Å². The van der Waals surface area contributed by atoms with Gasteiger partial charge in [-0.1, -0.05) is 35.5 Å². The molecule has 4 aromatic rings. The fraction of sp³-hybridized carbons (Fsp3) is 0.250. The fourth-order valence-electron chi connectivity index (χ4n) is 4.13. The maximum atomic E-state index is 13.3. The molecule has 1 unspecified atom stereocenters. The normalized spacial score (nSPS) is 14.9. The summed E-state index contributed by atoms with van der Waals surface area (Å²) >= 11 is 1.48. The average molecular weight is 462 g/mol. The van der Waals surface area contributed by atoms with E-state index in [0.29, 0.717) is 33.4 Å². The molecule has 1 atom stereocenters. The highest BCUT2D eigenvalue weighted by Gasteiger charge is 2.29. The van der Waals surface area contributed by atoms with Crippen molar-refractivity contribution in [2.75, 3.05) is 18.2 Å². The second-order valence-corrected chi connectivity index (χ2v) is 9.09. The van der Waals surface area contributed by atoms with Crippen molar-refractivity contribution in [1.82, 2.24) is 19.3 Å². The molecule has 9 heteroatoms. The third-order valence-electron chi connectivity index (χ3n) is 5.73. The van der Waals surface area contributed by atoms with Crippen LogP contribution >= 0.6 is 11.8 Å². The number of carbonyl (C=O) groups is 1. The van der Waals surface area contributed by atoms with E-state index >= 15 is 0 Å². The summed E-state index contributed by atoms with van der Waals surface area (Å²) in [6.45, 7) is 4.05. The number of hydrogen-bond donors (Lipinski definition) is 1. The number of aromatic nitrogens is 4. The molecule has 1 aliphatic heterocycles. The number of nitrogens with one attached hydrogen (secondary N) is 1. The van der Waals surface area contributed by atoms with Crippen molar-refractivity contribution in [3.8, 4) is 11.4 Å². The standard InChI is InChI=1S/C24H23N5O3S/c1-14-7-8-20(15(2)9-14)29-22-19(12-25-29)23(31)28-17(13-33-24(28)27-22)11-21(30)26-16-5-4-6-18(10-16)32-3/h4-10,12,17H,11,13H2,1-3H3,(H,26,30). The van der Waals surface area contributed by atoms with Gasteiger partial charge in [0.25, 0.3) is 5.56 Å². The van der Waals surface area contributed by atoms with E-state index in [1.807, 2.05) is 38.1 Å². The molecule has 0 aliphatic carbocycles. The number of fused-ring (bicyclic) bond motifs is 2. The minimum absolute atomic E-state index is 0.167. The van der Waals surface area contributed by atoms with Crippen LogP contribution in [0.15, 0.2) is 58.6 Å². The lowest BCUT2D eigenvalue weighted by Gasteiger charge is -2.14. The first kappa shape index (κ1) is 21.3. The summed E-state index contributed by atoms with van der Waals surface area (Å²) in [5.41, 5.74) is 4.13. The van der Waals surface area contributed by atoms with Crippen molar-refractivity contribution in [3.63, 3.8) is 0 Å². The Morgan fingerprint density at radius 2 is 2.09 bits per heavy atom. The smallest absolute Gasteiger partial charge is 0.265 e. The van der Waals surface area contributed by atoms with Gasteiger partial charge >= 0.3 is 0 Å². The van der Waals surface area contributed by atoms with Crippen molar-refractivity contribution in [1.29, 1.82) is 0 Å². The van der Waals surface area contributed by atoms with E-state index in [9.17, 15) is 9.59 Å². The average Bonchev–Trinajstić information content (AvgIpc) is 3.39. The van der Waals surface area contributed by atoms with Crippen LogP contribution in [0.5, 0.6) is 5.75 Å². The lowest BCUT2D eigenvalue weighted by Crippen LogP contribution is -2.27. The van der Waals surface area contributed by atoms with Gasteiger partial charge in [-0.3, -0.25) is 14.2 Å². The van der Waals surface area contributed by atoms with Gasteiger partial charge in [-0.05, 0) is 37.6 Å². The molecular formula is C24H23N5O3S. The van der Waals surface area contributed by atoms with Gasteiger partial charge in [-0.2, -0.15) is 5.10 Å². The predicted octanol–water partition coefficient (Wildman–Crippen LogP) is 3.88. The second kappa shape index (κ2) is 8.40. The number of nitrogens with zero attached hydrogens (tertiary/aromatic N) is 4. The minimum atomic E-state index is -0.274. The Balaban J connectivity index is 1.44. The Kier molecular flexibility index (Phi) is 5.41. The van der Waals surface area contributed by atoms with E-state index in [1.165, 1.54) is 11.8 Å². The van der Waals surface area contributed by atoms with E-state index < -0.39 is 0 Å². The lowest BCUT2D eigenvalue weighted by atomic mass is 10.1. The van der Waals surface area contributed by atoms with Gasteiger partial charge in [0, 0.05) is 23.9 Å². The lowest BCUT2D eigenvalue weighted by molar-refractivity contribution is -0.116. The summed E-state index contributed by atoms with van der Waals surface area (Å²) < 4.78 is 8.55.